The molecular formula is C8H8BrN5OS. The lowest BCUT2D eigenvalue weighted by molar-refractivity contribution is 0.0941. The van der Waals surface area contributed by atoms with Gasteiger partial charge in [0.25, 0.3) is 5.91 Å². The maximum atomic E-state index is 11.6. The van der Waals surface area contributed by atoms with Crippen LogP contribution in [0.4, 0.5) is 5.95 Å². The van der Waals surface area contributed by atoms with Crippen LogP contribution in [0, 0.1) is 0 Å². The standard InChI is InChI=1S/C8H8BrN5OS/c9-4-1-2-16-5(4)3-11-7(15)6-12-8(10)14-13-6/h1-2H,3H2,(H,11,15)(H3,10,12,13,14). The fraction of sp³-hybridized carbons (Fsp3) is 0.125. The molecule has 0 saturated carbocycles. The lowest BCUT2D eigenvalue weighted by Crippen LogP contribution is -2.23. The van der Waals surface area contributed by atoms with E-state index >= 15 is 0 Å². The third-order valence-electron chi connectivity index (χ3n) is 1.82. The van der Waals surface area contributed by atoms with E-state index in [0.717, 1.165) is 9.35 Å². The van der Waals surface area contributed by atoms with Crippen LogP contribution in [0.2, 0.25) is 0 Å². The van der Waals surface area contributed by atoms with Gasteiger partial charge in [0.2, 0.25) is 11.8 Å². The molecule has 0 aliphatic carbocycles. The highest BCUT2D eigenvalue weighted by atomic mass is 79.9. The summed E-state index contributed by atoms with van der Waals surface area (Å²) in [7, 11) is 0. The van der Waals surface area contributed by atoms with Crippen LogP contribution >= 0.6 is 27.3 Å². The summed E-state index contributed by atoms with van der Waals surface area (Å²) in [5, 5.41) is 10.7. The van der Waals surface area contributed by atoms with E-state index in [-0.39, 0.29) is 17.7 Å². The van der Waals surface area contributed by atoms with E-state index in [2.05, 4.69) is 36.4 Å². The van der Waals surface area contributed by atoms with Crippen LogP contribution in [0.25, 0.3) is 0 Å². The van der Waals surface area contributed by atoms with Gasteiger partial charge in [-0.3, -0.25) is 9.89 Å². The first-order chi connectivity index (χ1) is 7.66. The van der Waals surface area contributed by atoms with Gasteiger partial charge in [-0.05, 0) is 27.4 Å². The summed E-state index contributed by atoms with van der Waals surface area (Å²) in [6.07, 6.45) is 0. The van der Waals surface area contributed by atoms with Crippen LogP contribution in [0.1, 0.15) is 15.5 Å². The first-order valence-corrected chi connectivity index (χ1v) is 6.02. The summed E-state index contributed by atoms with van der Waals surface area (Å²) >= 11 is 4.94. The van der Waals surface area contributed by atoms with Gasteiger partial charge < -0.3 is 11.1 Å². The molecule has 4 N–H and O–H groups in total. The van der Waals surface area contributed by atoms with Gasteiger partial charge in [0.05, 0.1) is 6.54 Å². The lowest BCUT2D eigenvalue weighted by atomic mass is 10.4. The number of H-pyrrole nitrogens is 1. The molecule has 8 heteroatoms. The molecule has 2 heterocycles. The van der Waals surface area contributed by atoms with E-state index in [1.165, 1.54) is 0 Å². The van der Waals surface area contributed by atoms with E-state index in [1.54, 1.807) is 11.3 Å². The molecule has 0 aliphatic heterocycles. The highest BCUT2D eigenvalue weighted by Gasteiger charge is 2.11. The summed E-state index contributed by atoms with van der Waals surface area (Å²) in [5.41, 5.74) is 5.29. The molecule has 0 fully saturated rings. The van der Waals surface area contributed by atoms with Crippen LogP contribution in [-0.4, -0.2) is 21.1 Å². The number of carbonyl (C=O) groups excluding carboxylic acids is 1. The van der Waals surface area contributed by atoms with Crippen LogP contribution in [0.3, 0.4) is 0 Å². The third kappa shape index (κ3) is 2.39. The van der Waals surface area contributed by atoms with Crippen molar-refractivity contribution in [3.05, 3.63) is 26.6 Å². The second kappa shape index (κ2) is 4.62. The number of nitrogen functional groups attached to an aromatic ring is 1. The summed E-state index contributed by atoms with van der Waals surface area (Å²) in [5.74, 6) is -0.155. The number of rotatable bonds is 3. The van der Waals surface area contributed by atoms with E-state index in [0.29, 0.717) is 6.54 Å². The first kappa shape index (κ1) is 11.1. The second-order valence-electron chi connectivity index (χ2n) is 2.92. The van der Waals surface area contributed by atoms with Crippen LogP contribution in [0.5, 0.6) is 0 Å². The molecule has 0 aromatic carbocycles. The monoisotopic (exact) mass is 301 g/mol. The summed E-state index contributed by atoms with van der Waals surface area (Å²) < 4.78 is 0.981. The van der Waals surface area contributed by atoms with Gasteiger partial charge in [0, 0.05) is 9.35 Å². The molecule has 16 heavy (non-hydrogen) atoms. The van der Waals surface area contributed by atoms with Crippen molar-refractivity contribution in [3.8, 4) is 0 Å². The molecule has 0 aliphatic rings. The highest BCUT2D eigenvalue weighted by Crippen LogP contribution is 2.22. The van der Waals surface area contributed by atoms with Crippen LogP contribution in [-0.2, 0) is 6.54 Å². The third-order valence-corrected chi connectivity index (χ3v) is 3.74. The Morgan fingerprint density at radius 1 is 1.69 bits per heavy atom. The smallest absolute Gasteiger partial charge is 0.288 e. The van der Waals surface area contributed by atoms with Crippen molar-refractivity contribution in [2.75, 3.05) is 5.73 Å². The number of hydrogen-bond acceptors (Lipinski definition) is 5. The Morgan fingerprint density at radius 3 is 3.06 bits per heavy atom. The van der Waals surface area contributed by atoms with Gasteiger partial charge >= 0.3 is 0 Å². The van der Waals surface area contributed by atoms with Crippen molar-refractivity contribution in [2.45, 2.75) is 6.54 Å². The predicted octanol–water partition coefficient (Wildman–Crippen LogP) is 1.14. The Hall–Kier alpha value is -1.41. The van der Waals surface area contributed by atoms with Crippen molar-refractivity contribution in [1.82, 2.24) is 20.5 Å². The van der Waals surface area contributed by atoms with E-state index in [4.69, 9.17) is 5.73 Å². The number of nitrogens with two attached hydrogens (primary N) is 1. The molecule has 6 nitrogen and oxygen atoms in total. The van der Waals surface area contributed by atoms with Crippen molar-refractivity contribution in [1.29, 1.82) is 0 Å². The van der Waals surface area contributed by atoms with E-state index in [1.807, 2.05) is 11.4 Å². The Balaban J connectivity index is 1.96. The zero-order valence-electron chi connectivity index (χ0n) is 8.03. The van der Waals surface area contributed by atoms with Crippen molar-refractivity contribution >= 4 is 39.1 Å². The number of carbonyl (C=O) groups is 1. The Labute approximate surface area is 103 Å². The van der Waals surface area contributed by atoms with Crippen molar-refractivity contribution < 1.29 is 4.79 Å². The molecule has 0 bridgehead atoms. The zero-order chi connectivity index (χ0) is 11.5. The van der Waals surface area contributed by atoms with E-state index in [9.17, 15) is 4.79 Å². The summed E-state index contributed by atoms with van der Waals surface area (Å²) in [6.45, 7) is 0.442. The summed E-state index contributed by atoms with van der Waals surface area (Å²) in [4.78, 5) is 16.3. The molecule has 84 valence electrons. The lowest BCUT2D eigenvalue weighted by Gasteiger charge is -2.00. The number of nitrogens with one attached hydrogen (secondary N) is 2. The quantitative estimate of drug-likeness (QED) is 0.792. The molecule has 2 aromatic heterocycles. The molecule has 2 rings (SSSR count). The minimum atomic E-state index is -0.329. The van der Waals surface area contributed by atoms with Crippen LogP contribution < -0.4 is 11.1 Å². The maximum Gasteiger partial charge on any atom is 0.288 e. The largest absolute Gasteiger partial charge is 0.366 e. The highest BCUT2D eigenvalue weighted by molar-refractivity contribution is 9.10. The van der Waals surface area contributed by atoms with Crippen molar-refractivity contribution in [3.63, 3.8) is 0 Å². The minimum absolute atomic E-state index is 0.0578. The molecule has 0 saturated heterocycles. The first-order valence-electron chi connectivity index (χ1n) is 4.35. The average Bonchev–Trinajstić information content (AvgIpc) is 2.84. The van der Waals surface area contributed by atoms with Gasteiger partial charge in [0.1, 0.15) is 0 Å². The van der Waals surface area contributed by atoms with Crippen molar-refractivity contribution in [2.24, 2.45) is 0 Å². The van der Waals surface area contributed by atoms with E-state index < -0.39 is 0 Å². The number of halogens is 1. The minimum Gasteiger partial charge on any atom is -0.366 e. The Kier molecular flexibility index (Phi) is 3.20. The normalized spacial score (nSPS) is 10.3. The fourth-order valence-corrected chi connectivity index (χ4v) is 2.50. The molecule has 2 aromatic rings. The number of amides is 1. The van der Waals surface area contributed by atoms with Gasteiger partial charge in [-0.2, -0.15) is 4.98 Å². The van der Waals surface area contributed by atoms with Gasteiger partial charge in [-0.25, -0.2) is 0 Å². The fourth-order valence-electron chi connectivity index (χ4n) is 1.07. The number of anilines is 1. The van der Waals surface area contributed by atoms with Gasteiger partial charge in [-0.1, -0.05) is 0 Å². The molecule has 0 atom stereocenters. The molecule has 0 unspecified atom stereocenters. The average molecular weight is 302 g/mol. The number of aromatic nitrogens is 3. The van der Waals surface area contributed by atoms with Crippen LogP contribution in [0.15, 0.2) is 15.9 Å². The number of thiophene rings is 1. The maximum absolute atomic E-state index is 11.6. The molecular weight excluding hydrogens is 294 g/mol. The molecule has 0 radical (unpaired) electrons. The summed E-state index contributed by atoms with van der Waals surface area (Å²) in [6, 6.07) is 1.93. The molecule has 0 spiro atoms. The predicted molar refractivity (Wildman–Crippen MR) is 64.0 cm³/mol. The molecule has 1 amide bonds. The Bertz CT molecular complexity index is 508. The number of nitrogens with zero attached hydrogens (tertiary/aromatic N) is 2. The zero-order valence-corrected chi connectivity index (χ0v) is 10.4. The van der Waals surface area contributed by atoms with Gasteiger partial charge in [-0.15, -0.1) is 16.4 Å². The Morgan fingerprint density at radius 2 is 2.50 bits per heavy atom. The second-order valence-corrected chi connectivity index (χ2v) is 4.77. The van der Waals surface area contributed by atoms with Gasteiger partial charge in [0.15, 0.2) is 0 Å². The number of aromatic amines is 1. The number of hydrogen-bond donors (Lipinski definition) is 3. The topological polar surface area (TPSA) is 96.7 Å². The SMILES string of the molecule is Nc1n[nH]c(C(=O)NCc2sccc2Br)n1.